The van der Waals surface area contributed by atoms with Crippen molar-refractivity contribution in [2.45, 2.75) is 6.92 Å². The van der Waals surface area contributed by atoms with Crippen molar-refractivity contribution in [3.63, 3.8) is 0 Å². The lowest BCUT2D eigenvalue weighted by atomic mass is 10.1. The van der Waals surface area contributed by atoms with Crippen LogP contribution in [0.4, 0.5) is 5.69 Å². The molecule has 0 saturated heterocycles. The molecule has 0 fully saturated rings. The maximum absolute atomic E-state index is 6.23. The summed E-state index contributed by atoms with van der Waals surface area (Å²) in [6.07, 6.45) is 0. The Labute approximate surface area is 147 Å². The third-order valence-corrected chi connectivity index (χ3v) is 4.29. The number of nitrogens with two attached hydrogens (primary N) is 1. The molecular weight excluding hydrogens is 306 g/mol. The Kier molecular flexibility index (Phi) is 3.82. The number of hydrogen-bond donors (Lipinski definition) is 1. The molecule has 0 aliphatic heterocycles. The molecule has 0 amide bonds. The van der Waals surface area contributed by atoms with Gasteiger partial charge in [0.05, 0.1) is 17.1 Å². The molecule has 1 heterocycles. The molecule has 1 aromatic heterocycles. The second-order valence-corrected chi connectivity index (χ2v) is 6.12. The normalized spacial score (nSPS) is 10.8. The standard InChI is InChI=1S/C22H19N3/c1-16-11-13-17(14-12-16)21-15-22(19-9-5-6-10-20(19)23)25(24-21)18-7-3-2-4-8-18/h2-15H,23H2,1H3. The topological polar surface area (TPSA) is 43.8 Å². The summed E-state index contributed by atoms with van der Waals surface area (Å²) in [5.41, 5.74) is 13.2. The smallest absolute Gasteiger partial charge is 0.0934 e. The van der Waals surface area contributed by atoms with E-state index in [0.717, 1.165) is 33.9 Å². The van der Waals surface area contributed by atoms with Gasteiger partial charge in [0, 0.05) is 16.8 Å². The number of rotatable bonds is 3. The van der Waals surface area contributed by atoms with E-state index >= 15 is 0 Å². The Hall–Kier alpha value is -3.33. The van der Waals surface area contributed by atoms with Gasteiger partial charge in [-0.1, -0.05) is 66.2 Å². The van der Waals surface area contributed by atoms with Crippen molar-refractivity contribution in [1.29, 1.82) is 0 Å². The summed E-state index contributed by atoms with van der Waals surface area (Å²) < 4.78 is 1.96. The maximum Gasteiger partial charge on any atom is 0.0934 e. The van der Waals surface area contributed by atoms with Crippen LogP contribution in [0.15, 0.2) is 84.9 Å². The van der Waals surface area contributed by atoms with E-state index in [-0.39, 0.29) is 0 Å². The van der Waals surface area contributed by atoms with Crippen LogP contribution >= 0.6 is 0 Å². The molecule has 2 N–H and O–H groups in total. The number of hydrogen-bond acceptors (Lipinski definition) is 2. The van der Waals surface area contributed by atoms with Crippen molar-refractivity contribution in [3.05, 3.63) is 90.5 Å². The van der Waals surface area contributed by atoms with Gasteiger partial charge in [0.2, 0.25) is 0 Å². The summed E-state index contributed by atoms with van der Waals surface area (Å²) in [6.45, 7) is 2.09. The van der Waals surface area contributed by atoms with E-state index in [0.29, 0.717) is 0 Å². The molecule has 3 nitrogen and oxygen atoms in total. The summed E-state index contributed by atoms with van der Waals surface area (Å²) in [4.78, 5) is 0. The van der Waals surface area contributed by atoms with Crippen LogP contribution in [0.1, 0.15) is 5.56 Å². The van der Waals surface area contributed by atoms with Gasteiger partial charge in [-0.3, -0.25) is 0 Å². The summed E-state index contributed by atoms with van der Waals surface area (Å²) in [5.74, 6) is 0. The first-order valence-corrected chi connectivity index (χ1v) is 8.30. The Morgan fingerprint density at radius 3 is 2.20 bits per heavy atom. The molecule has 0 unspecified atom stereocenters. The van der Waals surface area contributed by atoms with Crippen molar-refractivity contribution >= 4 is 5.69 Å². The zero-order chi connectivity index (χ0) is 17.2. The lowest BCUT2D eigenvalue weighted by Gasteiger charge is -2.09. The molecule has 4 rings (SSSR count). The van der Waals surface area contributed by atoms with Crippen LogP contribution in [0, 0.1) is 6.92 Å². The monoisotopic (exact) mass is 325 g/mol. The number of nitrogens with zero attached hydrogens (tertiary/aromatic N) is 2. The van der Waals surface area contributed by atoms with Gasteiger partial charge in [-0.2, -0.15) is 5.10 Å². The molecule has 0 spiro atoms. The van der Waals surface area contributed by atoms with Gasteiger partial charge in [-0.25, -0.2) is 4.68 Å². The number of anilines is 1. The second kappa shape index (κ2) is 6.29. The summed E-state index contributed by atoms with van der Waals surface area (Å²) in [7, 11) is 0. The minimum atomic E-state index is 0.745. The van der Waals surface area contributed by atoms with Gasteiger partial charge in [0.1, 0.15) is 0 Å². The molecule has 0 aliphatic carbocycles. The number of para-hydroxylation sites is 2. The van der Waals surface area contributed by atoms with Crippen molar-refractivity contribution in [3.8, 4) is 28.2 Å². The molecule has 3 heteroatoms. The van der Waals surface area contributed by atoms with Crippen LogP contribution < -0.4 is 5.73 Å². The van der Waals surface area contributed by atoms with Crippen LogP contribution in [-0.4, -0.2) is 9.78 Å². The molecule has 25 heavy (non-hydrogen) atoms. The van der Waals surface area contributed by atoms with Crippen molar-refractivity contribution in [2.24, 2.45) is 0 Å². The van der Waals surface area contributed by atoms with E-state index in [4.69, 9.17) is 10.8 Å². The molecule has 3 aromatic carbocycles. The average molecular weight is 325 g/mol. The highest BCUT2D eigenvalue weighted by Gasteiger charge is 2.14. The predicted molar refractivity (Wildman–Crippen MR) is 104 cm³/mol. The lowest BCUT2D eigenvalue weighted by molar-refractivity contribution is 0.892. The van der Waals surface area contributed by atoms with Gasteiger partial charge < -0.3 is 5.73 Å². The molecule has 0 radical (unpaired) electrons. The fourth-order valence-electron chi connectivity index (χ4n) is 2.93. The summed E-state index contributed by atoms with van der Waals surface area (Å²) in [6, 6.07) is 28.5. The van der Waals surface area contributed by atoms with Crippen LogP contribution in [-0.2, 0) is 0 Å². The largest absolute Gasteiger partial charge is 0.398 e. The van der Waals surface area contributed by atoms with Gasteiger partial charge in [-0.05, 0) is 31.2 Å². The number of nitrogen functional groups attached to an aromatic ring is 1. The highest BCUT2D eigenvalue weighted by molar-refractivity contribution is 5.78. The molecular formula is C22H19N3. The first-order valence-electron chi connectivity index (χ1n) is 8.30. The molecule has 0 atom stereocenters. The highest BCUT2D eigenvalue weighted by Crippen LogP contribution is 2.31. The maximum atomic E-state index is 6.23. The summed E-state index contributed by atoms with van der Waals surface area (Å²) >= 11 is 0. The molecule has 0 saturated carbocycles. The first kappa shape index (κ1) is 15.2. The number of benzene rings is 3. The third-order valence-electron chi connectivity index (χ3n) is 4.29. The fourth-order valence-corrected chi connectivity index (χ4v) is 2.93. The minimum Gasteiger partial charge on any atom is -0.398 e. The van der Waals surface area contributed by atoms with Crippen molar-refractivity contribution in [1.82, 2.24) is 9.78 Å². The quantitative estimate of drug-likeness (QED) is 0.533. The molecule has 0 aliphatic rings. The third kappa shape index (κ3) is 2.92. The second-order valence-electron chi connectivity index (χ2n) is 6.12. The summed E-state index contributed by atoms with van der Waals surface area (Å²) in [5, 5.41) is 4.86. The van der Waals surface area contributed by atoms with E-state index in [2.05, 4.69) is 49.4 Å². The number of aryl methyl sites for hydroxylation is 1. The van der Waals surface area contributed by atoms with Crippen LogP contribution in [0.2, 0.25) is 0 Å². The van der Waals surface area contributed by atoms with Gasteiger partial charge in [0.15, 0.2) is 0 Å². The first-order chi connectivity index (χ1) is 12.2. The number of aromatic nitrogens is 2. The van der Waals surface area contributed by atoms with Gasteiger partial charge >= 0.3 is 0 Å². The van der Waals surface area contributed by atoms with Crippen LogP contribution in [0.25, 0.3) is 28.2 Å². The van der Waals surface area contributed by atoms with E-state index in [1.807, 2.05) is 47.1 Å². The average Bonchev–Trinajstić information content (AvgIpc) is 3.08. The molecule has 0 bridgehead atoms. The predicted octanol–water partition coefficient (Wildman–Crippen LogP) is 5.10. The lowest BCUT2D eigenvalue weighted by Crippen LogP contribution is -2.00. The molecule has 4 aromatic rings. The molecule has 122 valence electrons. The van der Waals surface area contributed by atoms with Crippen molar-refractivity contribution in [2.75, 3.05) is 5.73 Å². The zero-order valence-corrected chi connectivity index (χ0v) is 14.1. The van der Waals surface area contributed by atoms with Crippen molar-refractivity contribution < 1.29 is 0 Å². The van der Waals surface area contributed by atoms with E-state index in [9.17, 15) is 0 Å². The van der Waals surface area contributed by atoms with Gasteiger partial charge in [-0.15, -0.1) is 0 Å². The van der Waals surface area contributed by atoms with Crippen LogP contribution in [0.5, 0.6) is 0 Å². The van der Waals surface area contributed by atoms with E-state index in [1.165, 1.54) is 5.56 Å². The Morgan fingerprint density at radius 1 is 0.800 bits per heavy atom. The Morgan fingerprint density at radius 2 is 1.48 bits per heavy atom. The Balaban J connectivity index is 1.92. The fraction of sp³-hybridized carbons (Fsp3) is 0.0455. The van der Waals surface area contributed by atoms with Crippen LogP contribution in [0.3, 0.4) is 0 Å². The van der Waals surface area contributed by atoms with E-state index in [1.54, 1.807) is 0 Å². The van der Waals surface area contributed by atoms with E-state index < -0.39 is 0 Å². The SMILES string of the molecule is Cc1ccc(-c2cc(-c3ccccc3N)n(-c3ccccc3)n2)cc1. The highest BCUT2D eigenvalue weighted by atomic mass is 15.3. The Bertz CT molecular complexity index is 999. The van der Waals surface area contributed by atoms with Gasteiger partial charge in [0.25, 0.3) is 0 Å². The zero-order valence-electron chi connectivity index (χ0n) is 14.1. The minimum absolute atomic E-state index is 0.745.